The summed E-state index contributed by atoms with van der Waals surface area (Å²) in [6, 6.07) is 0. The van der Waals surface area contributed by atoms with Crippen molar-refractivity contribution in [2.45, 2.75) is 47.0 Å². The van der Waals surface area contributed by atoms with E-state index in [4.69, 9.17) is 0 Å². The van der Waals surface area contributed by atoms with Gasteiger partial charge in [-0.1, -0.05) is 13.8 Å². The van der Waals surface area contributed by atoms with E-state index in [2.05, 4.69) is 27.7 Å². The Kier molecular flexibility index (Phi) is 4.65. The maximum Gasteiger partial charge on any atom is 0.0994 e. The standard InChI is InChI=1S/C9H19/c1-5-8(4)9(6-2)7-3/h9H,5-7H2,1-4H3/q+1. The zero-order valence-corrected chi connectivity index (χ0v) is 7.20. The molecule has 54 valence electrons. The molecule has 0 nitrogen and oxygen atoms in total. The van der Waals surface area contributed by atoms with Gasteiger partial charge in [-0.2, -0.15) is 0 Å². The Bertz CT molecular complexity index is 53.1. The molecule has 0 heteroatoms. The molecule has 0 aliphatic carbocycles. The lowest BCUT2D eigenvalue weighted by molar-refractivity contribution is 0.490. The fourth-order valence-corrected chi connectivity index (χ4v) is 1.27. The van der Waals surface area contributed by atoms with Crippen LogP contribution >= 0.6 is 0 Å². The van der Waals surface area contributed by atoms with Crippen molar-refractivity contribution < 1.29 is 0 Å². The fraction of sp³-hybridized carbons (Fsp3) is 0.889. The monoisotopic (exact) mass is 127 g/mol. The van der Waals surface area contributed by atoms with Crippen LogP contribution < -0.4 is 0 Å². The Morgan fingerprint density at radius 1 is 1.11 bits per heavy atom. The van der Waals surface area contributed by atoms with Crippen molar-refractivity contribution in [2.75, 3.05) is 0 Å². The summed E-state index contributed by atoms with van der Waals surface area (Å²) in [5, 5.41) is 0. The molecule has 0 aromatic rings. The highest BCUT2D eigenvalue weighted by atomic mass is 14.2. The van der Waals surface area contributed by atoms with Crippen LogP contribution in [0.2, 0.25) is 0 Å². The lowest BCUT2D eigenvalue weighted by Gasteiger charge is -2.08. The predicted molar refractivity (Wildman–Crippen MR) is 43.3 cm³/mol. The molecule has 0 aliphatic heterocycles. The second-order valence-electron chi connectivity index (χ2n) is 2.71. The SMILES string of the molecule is CC[C+](C)C(CC)CC. The molecule has 0 aliphatic rings. The summed E-state index contributed by atoms with van der Waals surface area (Å²) < 4.78 is 0. The van der Waals surface area contributed by atoms with Crippen molar-refractivity contribution in [1.82, 2.24) is 0 Å². The van der Waals surface area contributed by atoms with Crippen molar-refractivity contribution in [1.29, 1.82) is 0 Å². The largest absolute Gasteiger partial charge is 0.0994 e. The number of hydrogen-bond donors (Lipinski definition) is 0. The number of rotatable bonds is 4. The molecule has 0 N–H and O–H groups in total. The van der Waals surface area contributed by atoms with Crippen LogP contribution in [-0.4, -0.2) is 0 Å². The molecule has 0 atom stereocenters. The van der Waals surface area contributed by atoms with E-state index in [1.807, 2.05) is 0 Å². The van der Waals surface area contributed by atoms with E-state index in [1.54, 1.807) is 5.92 Å². The van der Waals surface area contributed by atoms with Gasteiger partial charge in [0.2, 0.25) is 0 Å². The van der Waals surface area contributed by atoms with Gasteiger partial charge in [0.15, 0.2) is 0 Å². The summed E-state index contributed by atoms with van der Waals surface area (Å²) in [5.41, 5.74) is 0. The summed E-state index contributed by atoms with van der Waals surface area (Å²) in [6.07, 6.45) is 3.89. The van der Waals surface area contributed by atoms with Gasteiger partial charge in [0.05, 0.1) is 25.2 Å². The zero-order valence-electron chi connectivity index (χ0n) is 7.20. The van der Waals surface area contributed by atoms with Crippen LogP contribution in [0.1, 0.15) is 47.0 Å². The molecule has 0 saturated heterocycles. The van der Waals surface area contributed by atoms with Crippen molar-refractivity contribution in [3.05, 3.63) is 5.92 Å². The first-order chi connectivity index (χ1) is 4.26. The van der Waals surface area contributed by atoms with Crippen LogP contribution in [0.4, 0.5) is 0 Å². The summed E-state index contributed by atoms with van der Waals surface area (Å²) in [4.78, 5) is 0. The second-order valence-corrected chi connectivity index (χ2v) is 2.71. The van der Waals surface area contributed by atoms with E-state index in [0.717, 1.165) is 5.92 Å². The van der Waals surface area contributed by atoms with Crippen molar-refractivity contribution in [2.24, 2.45) is 5.92 Å². The third-order valence-electron chi connectivity index (χ3n) is 2.24. The van der Waals surface area contributed by atoms with Gasteiger partial charge < -0.3 is 0 Å². The van der Waals surface area contributed by atoms with Crippen LogP contribution in [-0.2, 0) is 0 Å². The fourth-order valence-electron chi connectivity index (χ4n) is 1.27. The first-order valence-corrected chi connectivity index (χ1v) is 4.08. The van der Waals surface area contributed by atoms with Gasteiger partial charge in [0, 0.05) is 0 Å². The van der Waals surface area contributed by atoms with Crippen molar-refractivity contribution in [3.63, 3.8) is 0 Å². The maximum atomic E-state index is 2.28. The van der Waals surface area contributed by atoms with Gasteiger partial charge in [-0.3, -0.25) is 0 Å². The molecular weight excluding hydrogens is 108 g/mol. The van der Waals surface area contributed by atoms with Crippen molar-refractivity contribution >= 4 is 0 Å². The molecule has 0 bridgehead atoms. The Balaban J connectivity index is 3.50. The Labute approximate surface area is 59.7 Å². The number of hydrogen-bond acceptors (Lipinski definition) is 0. The van der Waals surface area contributed by atoms with E-state index >= 15 is 0 Å². The predicted octanol–water partition coefficient (Wildman–Crippen LogP) is 3.43. The molecule has 0 radical (unpaired) electrons. The van der Waals surface area contributed by atoms with Crippen LogP contribution in [0.25, 0.3) is 0 Å². The molecule has 0 spiro atoms. The summed E-state index contributed by atoms with van der Waals surface area (Å²) in [7, 11) is 0. The maximum absolute atomic E-state index is 2.28. The Morgan fingerprint density at radius 2 is 1.56 bits per heavy atom. The van der Waals surface area contributed by atoms with Crippen LogP contribution in [0, 0.1) is 11.8 Å². The van der Waals surface area contributed by atoms with E-state index in [0.29, 0.717) is 0 Å². The van der Waals surface area contributed by atoms with Crippen LogP contribution in [0.3, 0.4) is 0 Å². The molecular formula is C9H19+. The van der Waals surface area contributed by atoms with Gasteiger partial charge >= 0.3 is 0 Å². The second kappa shape index (κ2) is 4.72. The summed E-state index contributed by atoms with van der Waals surface area (Å²) >= 11 is 0. The normalized spacial score (nSPS) is 10.3. The summed E-state index contributed by atoms with van der Waals surface area (Å²) in [6.45, 7) is 9.06. The van der Waals surface area contributed by atoms with Crippen LogP contribution in [0.15, 0.2) is 0 Å². The van der Waals surface area contributed by atoms with Gasteiger partial charge in [0.1, 0.15) is 0 Å². The topological polar surface area (TPSA) is 0 Å². The first kappa shape index (κ1) is 8.87. The van der Waals surface area contributed by atoms with E-state index < -0.39 is 0 Å². The minimum Gasteiger partial charge on any atom is -0.0610 e. The lowest BCUT2D eigenvalue weighted by atomic mass is 9.88. The van der Waals surface area contributed by atoms with Crippen LogP contribution in [0.5, 0.6) is 0 Å². The van der Waals surface area contributed by atoms with Gasteiger partial charge in [0.25, 0.3) is 0 Å². The highest BCUT2D eigenvalue weighted by Gasteiger charge is 2.20. The molecule has 0 heterocycles. The van der Waals surface area contributed by atoms with E-state index in [-0.39, 0.29) is 0 Å². The highest BCUT2D eigenvalue weighted by molar-refractivity contribution is 4.88. The summed E-state index contributed by atoms with van der Waals surface area (Å²) in [5.74, 6) is 2.55. The Hall–Kier alpha value is -0.130. The quantitative estimate of drug-likeness (QED) is 0.507. The van der Waals surface area contributed by atoms with E-state index in [1.165, 1.54) is 19.3 Å². The van der Waals surface area contributed by atoms with E-state index in [9.17, 15) is 0 Å². The molecule has 0 unspecified atom stereocenters. The molecule has 9 heavy (non-hydrogen) atoms. The third-order valence-corrected chi connectivity index (χ3v) is 2.24. The van der Waals surface area contributed by atoms with Gasteiger partial charge in [-0.25, -0.2) is 0 Å². The smallest absolute Gasteiger partial charge is 0.0610 e. The average Bonchev–Trinajstić information content (AvgIpc) is 1.90. The minimum atomic E-state index is 0.884. The molecule has 0 aromatic carbocycles. The lowest BCUT2D eigenvalue weighted by Crippen LogP contribution is -2.05. The molecule has 0 saturated carbocycles. The highest BCUT2D eigenvalue weighted by Crippen LogP contribution is 2.23. The molecule has 0 aromatic heterocycles. The minimum absolute atomic E-state index is 0.884. The Morgan fingerprint density at radius 3 is 1.67 bits per heavy atom. The zero-order chi connectivity index (χ0) is 7.28. The van der Waals surface area contributed by atoms with Crippen molar-refractivity contribution in [3.8, 4) is 0 Å². The average molecular weight is 127 g/mol. The van der Waals surface area contributed by atoms with Gasteiger partial charge in [-0.05, 0) is 19.8 Å². The molecule has 0 fully saturated rings. The first-order valence-electron chi connectivity index (χ1n) is 4.08. The van der Waals surface area contributed by atoms with Gasteiger partial charge in [-0.15, -0.1) is 0 Å². The third kappa shape index (κ3) is 2.78. The molecule has 0 amide bonds. The molecule has 0 rings (SSSR count).